The van der Waals surface area contributed by atoms with Crippen LogP contribution in [-0.4, -0.2) is 152 Å². The number of guanidine groups is 1. The molecule has 2 fully saturated rings. The molecule has 2 aliphatic rings. The molecule has 12 N–H and O–H groups in total. The Morgan fingerprint density at radius 3 is 2.26 bits per heavy atom. The summed E-state index contributed by atoms with van der Waals surface area (Å²) in [6, 6.07) is -4.53. The number of aliphatic imine (C=N–C) groups is 1. The van der Waals surface area contributed by atoms with Crippen molar-refractivity contribution in [3.05, 3.63) is 28.8 Å². The second-order valence-electron chi connectivity index (χ2n) is 15.9. The van der Waals surface area contributed by atoms with Crippen LogP contribution in [0.1, 0.15) is 78.7 Å². The van der Waals surface area contributed by atoms with Gasteiger partial charge in [-0.1, -0.05) is 58.2 Å². The number of cyclic esters (lactones) is 1. The topological polar surface area (TPSA) is 329 Å². The van der Waals surface area contributed by atoms with Gasteiger partial charge in [0.05, 0.1) is 11.6 Å². The molecule has 21 nitrogen and oxygen atoms in total. The Balaban J connectivity index is 2.26. The van der Waals surface area contributed by atoms with E-state index in [1.807, 2.05) is 0 Å². The molecular formula is C40H62ClN9O12. The number of phenols is 1. The molecule has 1 aromatic carbocycles. The number of hydrogen-bond acceptors (Lipinski definition) is 13. The fourth-order valence-corrected chi connectivity index (χ4v) is 7.37. The number of esters is 1. The first-order valence-corrected chi connectivity index (χ1v) is 21.0. The summed E-state index contributed by atoms with van der Waals surface area (Å²) in [7, 11) is 1.34. The van der Waals surface area contributed by atoms with Gasteiger partial charge in [0.25, 0.3) is 5.91 Å². The van der Waals surface area contributed by atoms with Crippen molar-refractivity contribution in [1.29, 1.82) is 0 Å². The standard InChI is InChI=1S/C40H62ClN9O12/c1-7-19(3)30-39(61)62-21(5)31(48-35(57)28(53)18-51)36(58)45-24(10-9-15-44-40(42)43)33(55)46-25-12-14-29(54)50(37(25)59)32(20(4)8-2)38(60)49(6)26(34(56)47-30)17-22-11-13-27(52)23(41)16-22/h11,13,16,19-21,24-26,28-32,51-54H,7-10,12,14-15,17-18H2,1-6H3,(H,45,58)(H,46,55)(H,47,56)(H,48,57)(H4,42,43,44). The van der Waals surface area contributed by atoms with Gasteiger partial charge in [0, 0.05) is 20.0 Å². The van der Waals surface area contributed by atoms with Crippen molar-refractivity contribution in [2.45, 2.75) is 134 Å². The number of halogens is 1. The average molecular weight is 896 g/mol. The van der Waals surface area contributed by atoms with Crippen molar-refractivity contribution in [2.75, 3.05) is 20.2 Å². The SMILES string of the molecule is CCC(C)C1NC(=O)C(Cc2ccc(O)c(Cl)c2)N(C)C(=O)C(C(C)CC)N2C(=O)C(CCC2O)NC(=O)C(CCCN=C(N)N)NC(=O)C(NC(=O)C(O)CO)C(C)OC1=O. The summed E-state index contributed by atoms with van der Waals surface area (Å²) in [5, 5.41) is 51.1. The molecule has 2 heterocycles. The van der Waals surface area contributed by atoms with Crippen LogP contribution in [0.3, 0.4) is 0 Å². The van der Waals surface area contributed by atoms with Gasteiger partial charge in [-0.25, -0.2) is 4.79 Å². The molecule has 2 aliphatic heterocycles. The minimum atomic E-state index is -2.00. The number of carbonyl (C=O) groups excluding carboxylic acids is 7. The van der Waals surface area contributed by atoms with E-state index in [9.17, 15) is 54.0 Å². The lowest BCUT2D eigenvalue weighted by Gasteiger charge is -2.44. The predicted molar refractivity (Wildman–Crippen MR) is 224 cm³/mol. The molecule has 2 saturated heterocycles. The number of benzene rings is 1. The van der Waals surface area contributed by atoms with Crippen LogP contribution in [0.4, 0.5) is 0 Å². The van der Waals surface area contributed by atoms with Gasteiger partial charge in [-0.2, -0.15) is 0 Å². The van der Waals surface area contributed by atoms with Crippen LogP contribution < -0.4 is 32.7 Å². The van der Waals surface area contributed by atoms with Gasteiger partial charge in [-0.15, -0.1) is 0 Å². The van der Waals surface area contributed by atoms with Gasteiger partial charge in [0.15, 0.2) is 12.1 Å². The summed E-state index contributed by atoms with van der Waals surface area (Å²) in [5.74, 6) is -8.31. The van der Waals surface area contributed by atoms with Crippen molar-refractivity contribution in [2.24, 2.45) is 28.3 Å². The molecule has 0 radical (unpaired) electrons. The predicted octanol–water partition coefficient (Wildman–Crippen LogP) is -1.89. The molecule has 11 unspecified atom stereocenters. The molecule has 62 heavy (non-hydrogen) atoms. The second kappa shape index (κ2) is 23.3. The zero-order valence-corrected chi connectivity index (χ0v) is 36.6. The van der Waals surface area contributed by atoms with E-state index < -0.39 is 115 Å². The number of nitrogens with zero attached hydrogens (tertiary/aromatic N) is 3. The van der Waals surface area contributed by atoms with Crippen molar-refractivity contribution < 1.29 is 58.7 Å². The molecule has 0 aliphatic carbocycles. The van der Waals surface area contributed by atoms with Gasteiger partial charge in [0.2, 0.25) is 29.5 Å². The lowest BCUT2D eigenvalue weighted by Crippen LogP contribution is -2.66. The molecule has 1 aromatic rings. The Kier molecular flexibility index (Phi) is 19.2. The van der Waals surface area contributed by atoms with Crippen molar-refractivity contribution in [3.63, 3.8) is 0 Å². The number of nitrogens with one attached hydrogen (secondary N) is 4. The number of aliphatic hydroxyl groups excluding tert-OH is 3. The first-order chi connectivity index (χ1) is 29.2. The van der Waals surface area contributed by atoms with E-state index in [0.29, 0.717) is 18.4 Å². The third-order valence-electron chi connectivity index (χ3n) is 11.4. The van der Waals surface area contributed by atoms with Crippen LogP contribution in [-0.2, 0) is 44.7 Å². The number of likely N-dealkylation sites (N-methyl/N-ethyl adjacent to an activating group) is 1. The van der Waals surface area contributed by atoms with Crippen LogP contribution in [0.2, 0.25) is 5.02 Å². The van der Waals surface area contributed by atoms with Crippen molar-refractivity contribution >= 4 is 59.0 Å². The number of amides is 6. The maximum absolute atomic E-state index is 14.8. The van der Waals surface area contributed by atoms with Crippen LogP contribution in [0.15, 0.2) is 23.2 Å². The number of piperidine rings is 1. The number of carbonyl (C=O) groups is 7. The largest absolute Gasteiger partial charge is 0.506 e. The van der Waals surface area contributed by atoms with E-state index in [0.717, 1.165) is 9.80 Å². The minimum absolute atomic E-state index is 0.0247. The highest BCUT2D eigenvalue weighted by atomic mass is 35.5. The summed E-state index contributed by atoms with van der Waals surface area (Å²) < 4.78 is 5.74. The van der Waals surface area contributed by atoms with Gasteiger partial charge in [0.1, 0.15) is 54.3 Å². The van der Waals surface area contributed by atoms with Crippen LogP contribution in [0.5, 0.6) is 5.75 Å². The Hall–Kier alpha value is -5.25. The number of hydrogen-bond donors (Lipinski definition) is 10. The molecule has 22 heteroatoms. The molecule has 346 valence electrons. The van der Waals surface area contributed by atoms with E-state index >= 15 is 0 Å². The molecule has 3 rings (SSSR count). The summed E-state index contributed by atoms with van der Waals surface area (Å²) in [6.07, 6.45) is -4.73. The highest BCUT2D eigenvalue weighted by molar-refractivity contribution is 6.32. The second-order valence-corrected chi connectivity index (χ2v) is 16.3. The van der Waals surface area contributed by atoms with Crippen LogP contribution >= 0.6 is 11.6 Å². The Labute approximate surface area is 365 Å². The van der Waals surface area contributed by atoms with E-state index in [1.165, 1.54) is 32.2 Å². The normalized spacial score (nSPS) is 27.3. The quantitative estimate of drug-likeness (QED) is 0.0448. The minimum Gasteiger partial charge on any atom is -0.506 e. The summed E-state index contributed by atoms with van der Waals surface area (Å²) in [4.78, 5) is 105. The van der Waals surface area contributed by atoms with Gasteiger partial charge in [-0.3, -0.25) is 33.8 Å². The number of aromatic hydroxyl groups is 1. The fraction of sp³-hybridized carbons (Fsp3) is 0.650. The summed E-state index contributed by atoms with van der Waals surface area (Å²) in [6.45, 7) is 7.09. The van der Waals surface area contributed by atoms with Crippen LogP contribution in [0.25, 0.3) is 0 Å². The lowest BCUT2D eigenvalue weighted by molar-refractivity contribution is -0.168. The first kappa shape index (κ1) is 51.1. The van der Waals surface area contributed by atoms with Crippen molar-refractivity contribution in [1.82, 2.24) is 31.1 Å². The van der Waals surface area contributed by atoms with E-state index in [1.54, 1.807) is 27.7 Å². The molecular weight excluding hydrogens is 834 g/mol. The maximum atomic E-state index is 14.8. The number of fused-ring (bicyclic) bond motifs is 2. The Bertz CT molecular complexity index is 1820. The molecule has 6 amide bonds. The zero-order valence-electron chi connectivity index (χ0n) is 35.9. The lowest BCUT2D eigenvalue weighted by atomic mass is 9.91. The monoisotopic (exact) mass is 895 g/mol. The summed E-state index contributed by atoms with van der Waals surface area (Å²) >= 11 is 6.22. The number of aliphatic hydroxyl groups is 3. The number of ether oxygens (including phenoxy) is 1. The third-order valence-corrected chi connectivity index (χ3v) is 11.7. The van der Waals surface area contributed by atoms with Gasteiger partial charge >= 0.3 is 5.97 Å². The maximum Gasteiger partial charge on any atom is 0.329 e. The molecule has 0 aromatic heterocycles. The first-order valence-electron chi connectivity index (χ1n) is 20.7. The average Bonchev–Trinajstić information content (AvgIpc) is 3.23. The van der Waals surface area contributed by atoms with Crippen molar-refractivity contribution in [3.8, 4) is 5.75 Å². The van der Waals surface area contributed by atoms with Crippen LogP contribution in [0, 0.1) is 11.8 Å². The smallest absolute Gasteiger partial charge is 0.329 e. The van der Waals surface area contributed by atoms with E-state index in [4.69, 9.17) is 27.8 Å². The highest BCUT2D eigenvalue weighted by Crippen LogP contribution is 2.29. The molecule has 11 atom stereocenters. The number of phenolic OH excluding ortho intramolecular Hbond substituents is 1. The zero-order chi connectivity index (χ0) is 46.6. The third kappa shape index (κ3) is 13.1. The Morgan fingerprint density at radius 1 is 1.00 bits per heavy atom. The number of nitrogens with two attached hydrogens (primary N) is 2. The van der Waals surface area contributed by atoms with Gasteiger partial charge < -0.3 is 67.7 Å². The van der Waals surface area contributed by atoms with E-state index in [2.05, 4.69) is 26.3 Å². The molecule has 2 bridgehead atoms. The van der Waals surface area contributed by atoms with Gasteiger partial charge in [-0.05, 0) is 62.1 Å². The number of rotatable bonds is 13. The molecule has 0 spiro atoms. The van der Waals surface area contributed by atoms with E-state index in [-0.39, 0.29) is 55.4 Å². The fourth-order valence-electron chi connectivity index (χ4n) is 7.17. The molecule has 0 saturated carbocycles. The summed E-state index contributed by atoms with van der Waals surface area (Å²) in [5.41, 5.74) is 11.3. The highest BCUT2D eigenvalue weighted by Gasteiger charge is 2.47. The Morgan fingerprint density at radius 2 is 1.66 bits per heavy atom.